The first-order chi connectivity index (χ1) is 12.6. The van der Waals surface area contributed by atoms with Crippen molar-refractivity contribution in [2.75, 3.05) is 13.7 Å². The summed E-state index contributed by atoms with van der Waals surface area (Å²) < 4.78 is 11.0. The van der Waals surface area contributed by atoms with Gasteiger partial charge in [-0.3, -0.25) is 14.9 Å². The van der Waals surface area contributed by atoms with Crippen molar-refractivity contribution in [3.8, 4) is 5.75 Å². The van der Waals surface area contributed by atoms with Crippen LogP contribution in [0.4, 0.5) is 0 Å². The van der Waals surface area contributed by atoms with Crippen LogP contribution in [-0.4, -0.2) is 31.5 Å². The minimum Gasteiger partial charge on any atom is -0.496 e. The van der Waals surface area contributed by atoms with E-state index in [-0.39, 0.29) is 5.56 Å². The van der Waals surface area contributed by atoms with Crippen molar-refractivity contribution in [1.82, 2.24) is 5.32 Å². The Hall–Kier alpha value is -3.19. The van der Waals surface area contributed by atoms with Gasteiger partial charge in [0.15, 0.2) is 6.61 Å². The summed E-state index contributed by atoms with van der Waals surface area (Å²) in [6.07, 6.45) is 0. The molecule has 1 N–H and O–H groups in total. The number of nitrogens with one attached hydrogen (secondary N) is 1. The topological polar surface area (TPSA) is 81.7 Å². The van der Waals surface area contributed by atoms with E-state index in [1.165, 1.54) is 24.5 Å². The molecule has 0 aliphatic carbocycles. The number of hydrogen-bond acceptors (Lipinski definition) is 6. The highest BCUT2D eigenvalue weighted by atomic mass is 32.1. The van der Waals surface area contributed by atoms with E-state index in [1.54, 1.807) is 24.3 Å². The second-order valence-electron chi connectivity index (χ2n) is 5.30. The summed E-state index contributed by atoms with van der Waals surface area (Å²) >= 11 is 1.28. The van der Waals surface area contributed by atoms with Gasteiger partial charge < -0.3 is 9.47 Å². The normalized spacial score (nSPS) is 10.3. The van der Waals surface area contributed by atoms with E-state index in [9.17, 15) is 14.4 Å². The lowest BCUT2D eigenvalue weighted by Crippen LogP contribution is -2.34. The number of rotatable bonds is 5. The molecule has 3 rings (SSSR count). The number of carbonyl (C=O) groups is 3. The highest BCUT2D eigenvalue weighted by Crippen LogP contribution is 2.25. The van der Waals surface area contributed by atoms with Crippen LogP contribution in [0.25, 0.3) is 10.1 Å². The number of benzene rings is 2. The molecule has 0 unspecified atom stereocenters. The predicted molar refractivity (Wildman–Crippen MR) is 97.6 cm³/mol. The molecule has 0 aliphatic rings. The number of amides is 2. The van der Waals surface area contributed by atoms with Gasteiger partial charge in [-0.2, -0.15) is 0 Å². The Balaban J connectivity index is 1.58. The molecule has 0 saturated heterocycles. The molecule has 26 heavy (non-hydrogen) atoms. The summed E-state index contributed by atoms with van der Waals surface area (Å²) in [5.74, 6) is -1.59. The maximum atomic E-state index is 12.1. The van der Waals surface area contributed by atoms with Crippen molar-refractivity contribution in [1.29, 1.82) is 0 Å². The zero-order valence-corrected chi connectivity index (χ0v) is 14.7. The van der Waals surface area contributed by atoms with Gasteiger partial charge in [0, 0.05) is 4.70 Å². The minimum absolute atomic E-state index is 0.221. The molecule has 132 valence electrons. The average Bonchev–Trinajstić information content (AvgIpc) is 3.10. The summed E-state index contributed by atoms with van der Waals surface area (Å²) in [6.45, 7) is -0.548. The van der Waals surface area contributed by atoms with Crippen LogP contribution in [0, 0.1) is 0 Å². The number of fused-ring (bicyclic) bond motifs is 1. The van der Waals surface area contributed by atoms with Crippen LogP contribution in [0.2, 0.25) is 0 Å². The van der Waals surface area contributed by atoms with Crippen molar-refractivity contribution < 1.29 is 23.9 Å². The van der Waals surface area contributed by atoms with Crippen LogP contribution >= 0.6 is 11.3 Å². The molecule has 7 heteroatoms. The highest BCUT2D eigenvalue weighted by molar-refractivity contribution is 7.20. The number of esters is 1. The van der Waals surface area contributed by atoms with E-state index in [0.29, 0.717) is 10.6 Å². The van der Waals surface area contributed by atoms with Crippen molar-refractivity contribution in [2.24, 2.45) is 0 Å². The number of methoxy groups -OCH3 is 1. The third-order valence-corrected chi connectivity index (χ3v) is 4.66. The standard InChI is InChI=1S/C19H15NO5S/c1-24-14-8-4-3-7-13(14)18(22)20-17(21)11-25-19(23)16-10-12-6-2-5-9-15(12)26-16/h2-10H,11H2,1H3,(H,20,21,22). The van der Waals surface area contributed by atoms with Gasteiger partial charge in [0.2, 0.25) is 0 Å². The maximum absolute atomic E-state index is 12.1. The lowest BCUT2D eigenvalue weighted by molar-refractivity contribution is -0.123. The van der Waals surface area contributed by atoms with Crippen LogP contribution in [0.5, 0.6) is 5.75 Å². The zero-order chi connectivity index (χ0) is 18.5. The fraction of sp³-hybridized carbons (Fsp3) is 0.105. The van der Waals surface area contributed by atoms with E-state index in [0.717, 1.165) is 10.1 Å². The Morgan fingerprint density at radius 1 is 1.04 bits per heavy atom. The molecule has 2 aromatic carbocycles. The Bertz CT molecular complexity index is 946. The fourth-order valence-electron chi connectivity index (χ4n) is 2.35. The molecule has 1 aromatic heterocycles. The highest BCUT2D eigenvalue weighted by Gasteiger charge is 2.17. The third kappa shape index (κ3) is 3.89. The second kappa shape index (κ2) is 7.79. The van der Waals surface area contributed by atoms with Gasteiger partial charge in [0.05, 0.1) is 12.7 Å². The first-order valence-electron chi connectivity index (χ1n) is 7.71. The van der Waals surface area contributed by atoms with Crippen LogP contribution in [0.15, 0.2) is 54.6 Å². The molecule has 0 saturated carbocycles. The molecule has 2 amide bonds. The molecule has 0 bridgehead atoms. The van der Waals surface area contributed by atoms with Crippen molar-refractivity contribution in [2.45, 2.75) is 0 Å². The monoisotopic (exact) mass is 369 g/mol. The van der Waals surface area contributed by atoms with Gasteiger partial charge in [0.1, 0.15) is 10.6 Å². The number of hydrogen-bond donors (Lipinski definition) is 1. The van der Waals surface area contributed by atoms with E-state index in [2.05, 4.69) is 5.32 Å². The van der Waals surface area contributed by atoms with Gasteiger partial charge in [-0.25, -0.2) is 4.79 Å². The Labute approximate surface area is 153 Å². The lowest BCUT2D eigenvalue weighted by Gasteiger charge is -2.08. The van der Waals surface area contributed by atoms with E-state index >= 15 is 0 Å². The van der Waals surface area contributed by atoms with Crippen molar-refractivity contribution in [3.05, 3.63) is 65.0 Å². The van der Waals surface area contributed by atoms with Gasteiger partial charge >= 0.3 is 5.97 Å². The van der Waals surface area contributed by atoms with Gasteiger partial charge in [-0.05, 0) is 29.7 Å². The maximum Gasteiger partial charge on any atom is 0.348 e. The SMILES string of the molecule is COc1ccccc1C(=O)NC(=O)COC(=O)c1cc2ccccc2s1. The third-order valence-electron chi connectivity index (χ3n) is 3.57. The predicted octanol–water partition coefficient (Wildman–Crippen LogP) is 3.02. The molecular weight excluding hydrogens is 354 g/mol. The molecular formula is C19H15NO5S. The smallest absolute Gasteiger partial charge is 0.348 e. The number of imide groups is 1. The fourth-order valence-corrected chi connectivity index (χ4v) is 3.30. The lowest BCUT2D eigenvalue weighted by atomic mass is 10.2. The van der Waals surface area contributed by atoms with Crippen molar-refractivity contribution >= 4 is 39.2 Å². The van der Waals surface area contributed by atoms with E-state index < -0.39 is 24.4 Å². The summed E-state index contributed by atoms with van der Waals surface area (Å²) in [4.78, 5) is 36.5. The van der Waals surface area contributed by atoms with Crippen molar-refractivity contribution in [3.63, 3.8) is 0 Å². The zero-order valence-electron chi connectivity index (χ0n) is 13.9. The van der Waals surface area contributed by atoms with E-state index in [1.807, 2.05) is 24.3 Å². The van der Waals surface area contributed by atoms with Crippen LogP contribution in [-0.2, 0) is 9.53 Å². The van der Waals surface area contributed by atoms with Gasteiger partial charge in [0.25, 0.3) is 11.8 Å². The molecule has 0 fully saturated rings. The molecule has 6 nitrogen and oxygen atoms in total. The molecule has 0 spiro atoms. The first-order valence-corrected chi connectivity index (χ1v) is 8.53. The van der Waals surface area contributed by atoms with Crippen LogP contribution in [0.1, 0.15) is 20.0 Å². The molecule has 1 heterocycles. The number of para-hydroxylation sites is 1. The summed E-state index contributed by atoms with van der Waals surface area (Å²) in [5, 5.41) is 3.10. The Morgan fingerprint density at radius 3 is 2.54 bits per heavy atom. The largest absolute Gasteiger partial charge is 0.496 e. The summed E-state index contributed by atoms with van der Waals surface area (Å²) in [5.41, 5.74) is 0.221. The Kier molecular flexibility index (Phi) is 5.28. The average molecular weight is 369 g/mol. The second-order valence-corrected chi connectivity index (χ2v) is 6.39. The first kappa shape index (κ1) is 17.6. The van der Waals surface area contributed by atoms with Crippen LogP contribution in [0.3, 0.4) is 0 Å². The quantitative estimate of drug-likeness (QED) is 0.699. The minimum atomic E-state index is -0.713. The molecule has 0 aliphatic heterocycles. The van der Waals surface area contributed by atoms with E-state index in [4.69, 9.17) is 9.47 Å². The number of ether oxygens (including phenoxy) is 2. The van der Waals surface area contributed by atoms with Gasteiger partial charge in [-0.15, -0.1) is 11.3 Å². The molecule has 3 aromatic rings. The van der Waals surface area contributed by atoms with Gasteiger partial charge in [-0.1, -0.05) is 30.3 Å². The van der Waals surface area contributed by atoms with Crippen LogP contribution < -0.4 is 10.1 Å². The number of carbonyl (C=O) groups excluding carboxylic acids is 3. The summed E-state index contributed by atoms with van der Waals surface area (Å²) in [7, 11) is 1.43. The summed E-state index contributed by atoms with van der Waals surface area (Å²) in [6, 6.07) is 15.8. The Morgan fingerprint density at radius 2 is 1.77 bits per heavy atom. The molecule has 0 radical (unpaired) electrons. The molecule has 0 atom stereocenters. The number of thiophene rings is 1.